The number of sulfone groups is 1. The number of rotatable bonds is 6. The van der Waals surface area contributed by atoms with Gasteiger partial charge in [0.25, 0.3) is 11.7 Å². The highest BCUT2D eigenvalue weighted by atomic mass is 32.2. The van der Waals surface area contributed by atoms with E-state index in [1.807, 2.05) is 0 Å². The van der Waals surface area contributed by atoms with Crippen LogP contribution in [-0.2, 0) is 22.6 Å². The van der Waals surface area contributed by atoms with E-state index in [0.717, 1.165) is 6.07 Å². The lowest BCUT2D eigenvalue weighted by Gasteiger charge is -2.23. The predicted octanol–water partition coefficient (Wildman–Crippen LogP) is 3.91. The summed E-state index contributed by atoms with van der Waals surface area (Å²) in [6.45, 7) is -0.867. The highest BCUT2D eigenvalue weighted by molar-refractivity contribution is 7.91. The molecule has 17 heteroatoms. The van der Waals surface area contributed by atoms with Gasteiger partial charge < -0.3 is 0 Å². The van der Waals surface area contributed by atoms with Crippen LogP contribution in [0.2, 0.25) is 0 Å². The third-order valence-corrected chi connectivity index (χ3v) is 6.48. The fourth-order valence-corrected chi connectivity index (χ4v) is 4.18. The second-order valence-electron chi connectivity index (χ2n) is 7.22. The maximum atomic E-state index is 13.7. The molecule has 3 aromatic rings. The zero-order chi connectivity index (χ0) is 26.6. The summed E-state index contributed by atoms with van der Waals surface area (Å²) in [7, 11) is -4.31. The Morgan fingerprint density at radius 1 is 1.06 bits per heavy atom. The molecule has 7 nitrogen and oxygen atoms in total. The molecular formula is C18H13F9N4O3S. The molecule has 0 N–H and O–H groups in total. The minimum atomic E-state index is -5.91. The van der Waals surface area contributed by atoms with E-state index in [4.69, 9.17) is 0 Å². The zero-order valence-electron chi connectivity index (χ0n) is 17.2. The van der Waals surface area contributed by atoms with Gasteiger partial charge >= 0.3 is 18.3 Å². The van der Waals surface area contributed by atoms with E-state index in [2.05, 4.69) is 9.97 Å². The van der Waals surface area contributed by atoms with E-state index in [1.54, 1.807) is 0 Å². The first kappa shape index (κ1) is 26.5. The molecule has 0 aliphatic heterocycles. The van der Waals surface area contributed by atoms with Crippen molar-refractivity contribution in [1.29, 1.82) is 0 Å². The molecule has 0 bridgehead atoms. The second-order valence-corrected chi connectivity index (χ2v) is 9.41. The van der Waals surface area contributed by atoms with Crippen molar-refractivity contribution >= 4 is 15.5 Å². The SMILES string of the molecule is CCS(=O)(=O)c1c(-c2cc(=O)n(CC(F)(F)C(F)C(F)(F)F)cn2)nc2ccc(C(F)(F)F)cn12. The van der Waals surface area contributed by atoms with Crippen LogP contribution < -0.4 is 5.56 Å². The molecule has 0 amide bonds. The first-order valence-electron chi connectivity index (χ1n) is 9.36. The van der Waals surface area contributed by atoms with Crippen molar-refractivity contribution < 1.29 is 47.9 Å². The van der Waals surface area contributed by atoms with Crippen LogP contribution in [0, 0.1) is 0 Å². The lowest BCUT2D eigenvalue weighted by atomic mass is 10.2. The monoisotopic (exact) mass is 536 g/mol. The van der Waals surface area contributed by atoms with Crippen LogP contribution in [0.4, 0.5) is 39.5 Å². The smallest absolute Gasteiger partial charge is 0.293 e. The Labute approximate surface area is 189 Å². The second kappa shape index (κ2) is 8.53. The number of halogens is 9. The summed E-state index contributed by atoms with van der Waals surface area (Å²) in [4.78, 5) is 19.7. The number of fused-ring (bicyclic) bond motifs is 1. The molecule has 3 aromatic heterocycles. The zero-order valence-corrected chi connectivity index (χ0v) is 18.0. The number of alkyl halides is 9. The lowest BCUT2D eigenvalue weighted by molar-refractivity contribution is -0.247. The summed E-state index contributed by atoms with van der Waals surface area (Å²) in [6, 6.07) is 1.91. The van der Waals surface area contributed by atoms with Gasteiger partial charge in [-0.1, -0.05) is 6.92 Å². The summed E-state index contributed by atoms with van der Waals surface area (Å²) < 4.78 is 143. The first-order valence-corrected chi connectivity index (χ1v) is 11.0. The average molecular weight is 536 g/mol. The van der Waals surface area contributed by atoms with Crippen molar-refractivity contribution in [2.75, 3.05) is 5.75 Å². The molecule has 1 unspecified atom stereocenters. The molecule has 1 atom stereocenters. The number of pyridine rings is 1. The third kappa shape index (κ3) is 5.13. The molecule has 35 heavy (non-hydrogen) atoms. The van der Waals surface area contributed by atoms with Gasteiger partial charge in [-0.2, -0.15) is 26.3 Å². The summed E-state index contributed by atoms with van der Waals surface area (Å²) in [5.41, 5.74) is -4.11. The fraction of sp³-hybridized carbons (Fsp3) is 0.389. The molecule has 0 fully saturated rings. The third-order valence-electron chi connectivity index (χ3n) is 4.74. The molecule has 3 rings (SSSR count). The van der Waals surface area contributed by atoms with Crippen molar-refractivity contribution in [3.63, 3.8) is 0 Å². The quantitative estimate of drug-likeness (QED) is 0.446. The Bertz CT molecular complexity index is 1430. The maximum Gasteiger partial charge on any atom is 0.425 e. The van der Waals surface area contributed by atoms with Gasteiger partial charge in [0.1, 0.15) is 11.3 Å². The van der Waals surface area contributed by atoms with E-state index in [1.165, 1.54) is 6.92 Å². The van der Waals surface area contributed by atoms with Crippen molar-refractivity contribution in [3.8, 4) is 11.4 Å². The largest absolute Gasteiger partial charge is 0.425 e. The molecule has 0 aromatic carbocycles. The average Bonchev–Trinajstić information content (AvgIpc) is 3.13. The van der Waals surface area contributed by atoms with E-state index in [0.29, 0.717) is 29.1 Å². The molecule has 0 aliphatic carbocycles. The van der Waals surface area contributed by atoms with Gasteiger partial charge in [0.05, 0.1) is 29.9 Å². The maximum absolute atomic E-state index is 13.7. The Morgan fingerprint density at radius 3 is 2.20 bits per heavy atom. The number of hydrogen-bond acceptors (Lipinski definition) is 5. The number of nitrogens with zero attached hydrogens (tertiary/aromatic N) is 4. The Kier molecular flexibility index (Phi) is 6.45. The lowest BCUT2D eigenvalue weighted by Crippen LogP contribution is -2.46. The molecule has 0 spiro atoms. The van der Waals surface area contributed by atoms with Crippen LogP contribution in [0.15, 0.2) is 40.5 Å². The van der Waals surface area contributed by atoms with E-state index in [9.17, 15) is 52.7 Å². The highest BCUT2D eigenvalue weighted by Gasteiger charge is 2.57. The van der Waals surface area contributed by atoms with Crippen LogP contribution in [0.5, 0.6) is 0 Å². The van der Waals surface area contributed by atoms with E-state index < -0.39 is 74.1 Å². The molecule has 0 saturated heterocycles. The standard InChI is InChI=1S/C18H13F9N4O3S/c1-2-35(33,34)14-13(29-11-4-3-9(6-31(11)14)17(22,23)24)10-5-12(32)30(8-28-10)7-16(20,21)15(19)18(25,26)27/h3-6,8,15H,2,7H2,1H3. The normalized spacial score (nSPS) is 14.5. The number of aromatic nitrogens is 4. The number of imidazole rings is 1. The van der Waals surface area contributed by atoms with Crippen LogP contribution >= 0.6 is 0 Å². The minimum Gasteiger partial charge on any atom is -0.293 e. The van der Waals surface area contributed by atoms with Crippen LogP contribution in [0.1, 0.15) is 12.5 Å². The van der Waals surface area contributed by atoms with Crippen molar-refractivity contribution in [1.82, 2.24) is 18.9 Å². The Morgan fingerprint density at radius 2 is 1.69 bits per heavy atom. The van der Waals surface area contributed by atoms with Gasteiger partial charge in [-0.15, -0.1) is 0 Å². The molecule has 0 radical (unpaired) electrons. The van der Waals surface area contributed by atoms with Crippen molar-refractivity contribution in [3.05, 3.63) is 46.6 Å². The van der Waals surface area contributed by atoms with Crippen molar-refractivity contribution in [2.24, 2.45) is 0 Å². The van der Waals surface area contributed by atoms with E-state index in [-0.39, 0.29) is 10.2 Å². The Hall–Kier alpha value is -3.11. The topological polar surface area (TPSA) is 86.3 Å². The summed E-state index contributed by atoms with van der Waals surface area (Å²) in [5, 5.41) is -0.781. The summed E-state index contributed by atoms with van der Waals surface area (Å²) in [5.74, 6) is -5.65. The molecular weight excluding hydrogens is 523 g/mol. The van der Waals surface area contributed by atoms with Gasteiger partial charge in [-0.25, -0.2) is 31.6 Å². The van der Waals surface area contributed by atoms with Crippen LogP contribution in [-0.4, -0.2) is 51.4 Å². The van der Waals surface area contributed by atoms with Gasteiger partial charge in [0.15, 0.2) is 14.9 Å². The number of hydrogen-bond donors (Lipinski definition) is 0. The summed E-state index contributed by atoms with van der Waals surface area (Å²) >= 11 is 0. The van der Waals surface area contributed by atoms with E-state index >= 15 is 0 Å². The molecule has 192 valence electrons. The van der Waals surface area contributed by atoms with Crippen molar-refractivity contribution in [2.45, 2.75) is 42.9 Å². The summed E-state index contributed by atoms with van der Waals surface area (Å²) in [6.07, 6.45) is -14.6. The fourth-order valence-electron chi connectivity index (χ4n) is 3.01. The molecule has 3 heterocycles. The van der Waals surface area contributed by atoms with Gasteiger partial charge in [0.2, 0.25) is 0 Å². The van der Waals surface area contributed by atoms with Gasteiger partial charge in [-0.3, -0.25) is 13.8 Å². The van der Waals surface area contributed by atoms with Gasteiger partial charge in [-0.05, 0) is 12.1 Å². The minimum absolute atomic E-state index is 0.0344. The van der Waals surface area contributed by atoms with Crippen LogP contribution in [0.25, 0.3) is 17.0 Å². The van der Waals surface area contributed by atoms with Gasteiger partial charge in [0, 0.05) is 12.3 Å². The predicted molar refractivity (Wildman–Crippen MR) is 101 cm³/mol. The highest BCUT2D eigenvalue weighted by Crippen LogP contribution is 2.36. The molecule has 0 aliphatic rings. The Balaban J connectivity index is 2.15. The first-order chi connectivity index (χ1) is 15.9. The van der Waals surface area contributed by atoms with Crippen LogP contribution in [0.3, 0.4) is 0 Å². The molecule has 0 saturated carbocycles.